The molecule has 2 aromatic rings. The van der Waals surface area contributed by atoms with Crippen LogP contribution in [0.25, 0.3) is 0 Å². The highest BCUT2D eigenvalue weighted by molar-refractivity contribution is 5.96. The number of benzene rings is 1. The van der Waals surface area contributed by atoms with E-state index >= 15 is 0 Å². The number of aryl methyl sites for hydroxylation is 1. The Balaban J connectivity index is 1.31. The van der Waals surface area contributed by atoms with Gasteiger partial charge in [0.15, 0.2) is 0 Å². The van der Waals surface area contributed by atoms with Gasteiger partial charge in [0, 0.05) is 32.1 Å². The number of nitrogens with zero attached hydrogens (tertiary/aromatic N) is 5. The second-order valence-electron chi connectivity index (χ2n) is 7.19. The number of urea groups is 1. The number of amides is 3. The summed E-state index contributed by atoms with van der Waals surface area (Å²) in [6.07, 6.45) is 0.538. The molecule has 29 heavy (non-hydrogen) atoms. The van der Waals surface area contributed by atoms with Crippen LogP contribution >= 0.6 is 0 Å². The SMILES string of the molecule is Cc1ccc(OC2CCN(C(=O)CN3CCN(c4ccccc4F)C3=O)C2)nn1. The minimum absolute atomic E-state index is 0.0269. The van der Waals surface area contributed by atoms with Gasteiger partial charge in [-0.1, -0.05) is 12.1 Å². The van der Waals surface area contributed by atoms with Crippen LogP contribution in [0.4, 0.5) is 14.9 Å². The quantitative estimate of drug-likeness (QED) is 0.767. The number of likely N-dealkylation sites (tertiary alicyclic amines) is 1. The molecule has 4 rings (SSSR count). The Hall–Kier alpha value is -3.23. The van der Waals surface area contributed by atoms with Gasteiger partial charge in [-0.2, -0.15) is 5.10 Å². The lowest BCUT2D eigenvalue weighted by molar-refractivity contribution is -0.130. The van der Waals surface area contributed by atoms with E-state index in [-0.39, 0.29) is 30.3 Å². The molecule has 8 nitrogen and oxygen atoms in total. The van der Waals surface area contributed by atoms with Crippen molar-refractivity contribution < 1.29 is 18.7 Å². The van der Waals surface area contributed by atoms with Crippen molar-refractivity contribution in [1.82, 2.24) is 20.0 Å². The molecule has 0 saturated carbocycles. The van der Waals surface area contributed by atoms with Crippen LogP contribution in [0.5, 0.6) is 5.88 Å². The molecule has 0 N–H and O–H groups in total. The zero-order valence-corrected chi connectivity index (χ0v) is 16.1. The lowest BCUT2D eigenvalue weighted by Crippen LogP contribution is -2.42. The topological polar surface area (TPSA) is 78.9 Å². The van der Waals surface area contributed by atoms with Crippen molar-refractivity contribution in [2.75, 3.05) is 37.6 Å². The summed E-state index contributed by atoms with van der Waals surface area (Å²) < 4.78 is 19.8. The first kappa shape index (κ1) is 19.1. The lowest BCUT2D eigenvalue weighted by atomic mass is 10.3. The maximum absolute atomic E-state index is 14.0. The zero-order chi connectivity index (χ0) is 20.4. The normalized spacial score (nSPS) is 19.2. The fourth-order valence-corrected chi connectivity index (χ4v) is 3.56. The van der Waals surface area contributed by atoms with E-state index in [1.54, 1.807) is 29.2 Å². The van der Waals surface area contributed by atoms with Gasteiger partial charge < -0.3 is 14.5 Å². The summed E-state index contributed by atoms with van der Waals surface area (Å²) in [5, 5.41) is 7.94. The predicted molar refractivity (Wildman–Crippen MR) is 103 cm³/mol. The molecular formula is C20H22FN5O3. The van der Waals surface area contributed by atoms with E-state index in [9.17, 15) is 14.0 Å². The van der Waals surface area contributed by atoms with E-state index in [1.165, 1.54) is 15.9 Å². The summed E-state index contributed by atoms with van der Waals surface area (Å²) >= 11 is 0. The van der Waals surface area contributed by atoms with E-state index in [1.807, 2.05) is 13.0 Å². The van der Waals surface area contributed by atoms with Gasteiger partial charge in [-0.3, -0.25) is 9.69 Å². The van der Waals surface area contributed by atoms with E-state index in [2.05, 4.69) is 10.2 Å². The summed E-state index contributed by atoms with van der Waals surface area (Å²) in [4.78, 5) is 29.8. The molecule has 0 radical (unpaired) electrons. The molecule has 1 aromatic heterocycles. The summed E-state index contributed by atoms with van der Waals surface area (Å²) in [5.74, 6) is -0.160. The third-order valence-electron chi connectivity index (χ3n) is 5.12. The number of hydrogen-bond acceptors (Lipinski definition) is 5. The van der Waals surface area contributed by atoms with Gasteiger partial charge >= 0.3 is 6.03 Å². The summed E-state index contributed by atoms with van der Waals surface area (Å²) in [7, 11) is 0. The first-order valence-corrected chi connectivity index (χ1v) is 9.57. The molecular weight excluding hydrogens is 377 g/mol. The van der Waals surface area contributed by atoms with Crippen LogP contribution in [-0.2, 0) is 4.79 Å². The molecule has 2 fully saturated rings. The van der Waals surface area contributed by atoms with Crippen LogP contribution < -0.4 is 9.64 Å². The van der Waals surface area contributed by atoms with Crippen LogP contribution in [-0.4, -0.2) is 70.8 Å². The number of hydrogen-bond donors (Lipinski definition) is 0. The second-order valence-corrected chi connectivity index (χ2v) is 7.19. The Morgan fingerprint density at radius 3 is 2.76 bits per heavy atom. The maximum Gasteiger partial charge on any atom is 0.325 e. The van der Waals surface area contributed by atoms with Gasteiger partial charge in [-0.25, -0.2) is 9.18 Å². The molecule has 0 bridgehead atoms. The average molecular weight is 399 g/mol. The van der Waals surface area contributed by atoms with Crippen LogP contribution in [0.3, 0.4) is 0 Å². The minimum Gasteiger partial charge on any atom is -0.471 e. The van der Waals surface area contributed by atoms with Crippen molar-refractivity contribution in [1.29, 1.82) is 0 Å². The molecule has 2 saturated heterocycles. The summed E-state index contributed by atoms with van der Waals surface area (Å²) in [6.45, 7) is 3.55. The van der Waals surface area contributed by atoms with Crippen molar-refractivity contribution in [3.8, 4) is 5.88 Å². The molecule has 0 aliphatic carbocycles. The number of carbonyl (C=O) groups is 2. The predicted octanol–water partition coefficient (Wildman–Crippen LogP) is 1.85. The van der Waals surface area contributed by atoms with Crippen molar-refractivity contribution >= 4 is 17.6 Å². The van der Waals surface area contributed by atoms with Gasteiger partial charge in [-0.15, -0.1) is 5.10 Å². The first-order valence-electron chi connectivity index (χ1n) is 9.57. The van der Waals surface area contributed by atoms with Gasteiger partial charge in [-0.05, 0) is 25.1 Å². The highest BCUT2D eigenvalue weighted by atomic mass is 19.1. The smallest absolute Gasteiger partial charge is 0.325 e. The van der Waals surface area contributed by atoms with Crippen LogP contribution in [0.2, 0.25) is 0 Å². The van der Waals surface area contributed by atoms with Crippen molar-refractivity contribution in [2.45, 2.75) is 19.4 Å². The molecule has 9 heteroatoms. The van der Waals surface area contributed by atoms with E-state index in [0.717, 1.165) is 5.69 Å². The third-order valence-corrected chi connectivity index (χ3v) is 5.12. The van der Waals surface area contributed by atoms with Crippen LogP contribution in [0, 0.1) is 12.7 Å². The molecule has 2 aliphatic heterocycles. The number of anilines is 1. The molecule has 3 heterocycles. The number of rotatable bonds is 5. The lowest BCUT2D eigenvalue weighted by Gasteiger charge is -2.22. The zero-order valence-electron chi connectivity index (χ0n) is 16.1. The Kier molecular flexibility index (Phi) is 5.28. The molecule has 1 unspecified atom stereocenters. The highest BCUT2D eigenvalue weighted by Crippen LogP contribution is 2.24. The fourth-order valence-electron chi connectivity index (χ4n) is 3.56. The second kappa shape index (κ2) is 8.02. The standard InChI is InChI=1S/C20H22FN5O3/c1-14-6-7-18(23-22-14)29-15-8-9-24(12-15)19(27)13-25-10-11-26(20(25)28)17-5-3-2-4-16(17)21/h2-7,15H,8-13H2,1H3. The van der Waals surface area contributed by atoms with Gasteiger partial charge in [0.25, 0.3) is 0 Å². The highest BCUT2D eigenvalue weighted by Gasteiger charge is 2.35. The third kappa shape index (κ3) is 4.13. The maximum atomic E-state index is 14.0. The molecule has 3 amide bonds. The van der Waals surface area contributed by atoms with Crippen LogP contribution in [0.15, 0.2) is 36.4 Å². The Morgan fingerprint density at radius 1 is 1.17 bits per heavy atom. The largest absolute Gasteiger partial charge is 0.471 e. The number of halogens is 1. The molecule has 1 atom stereocenters. The van der Waals surface area contributed by atoms with Crippen LogP contribution in [0.1, 0.15) is 12.1 Å². The molecule has 2 aliphatic rings. The Morgan fingerprint density at radius 2 is 2.00 bits per heavy atom. The van der Waals surface area contributed by atoms with Crippen molar-refractivity contribution in [3.05, 3.63) is 47.9 Å². The molecule has 0 spiro atoms. The number of ether oxygens (including phenoxy) is 1. The minimum atomic E-state index is -0.451. The average Bonchev–Trinajstić information content (AvgIpc) is 3.32. The summed E-state index contributed by atoms with van der Waals surface area (Å²) in [6, 6.07) is 9.36. The first-order chi connectivity index (χ1) is 14.0. The number of carbonyl (C=O) groups excluding carboxylic acids is 2. The Labute approximate surface area is 167 Å². The molecule has 152 valence electrons. The van der Waals surface area contributed by atoms with Crippen molar-refractivity contribution in [3.63, 3.8) is 0 Å². The number of para-hydroxylation sites is 1. The molecule has 1 aromatic carbocycles. The van der Waals surface area contributed by atoms with Gasteiger partial charge in [0.1, 0.15) is 18.5 Å². The summed E-state index contributed by atoms with van der Waals surface area (Å²) in [5.41, 5.74) is 1.04. The van der Waals surface area contributed by atoms with Gasteiger partial charge in [0.2, 0.25) is 11.8 Å². The number of aromatic nitrogens is 2. The van der Waals surface area contributed by atoms with E-state index in [4.69, 9.17) is 4.74 Å². The van der Waals surface area contributed by atoms with Crippen molar-refractivity contribution in [2.24, 2.45) is 0 Å². The monoisotopic (exact) mass is 399 g/mol. The Bertz CT molecular complexity index is 907. The van der Waals surface area contributed by atoms with E-state index in [0.29, 0.717) is 38.5 Å². The van der Waals surface area contributed by atoms with Gasteiger partial charge in [0.05, 0.1) is 17.9 Å². The fraction of sp³-hybridized carbons (Fsp3) is 0.400. The van der Waals surface area contributed by atoms with E-state index < -0.39 is 5.82 Å².